The first-order chi connectivity index (χ1) is 8.78. The molecule has 96 valence electrons. The fourth-order valence-electron chi connectivity index (χ4n) is 1.52. The third-order valence-corrected chi connectivity index (χ3v) is 2.24. The Kier molecular flexibility index (Phi) is 4.32. The van der Waals surface area contributed by atoms with Gasteiger partial charge in [-0.2, -0.15) is 4.98 Å². The lowest BCUT2D eigenvalue weighted by molar-refractivity contribution is 0.174. The molecule has 0 saturated carbocycles. The molecule has 2 aromatic heterocycles. The molecule has 18 heavy (non-hydrogen) atoms. The van der Waals surface area contributed by atoms with Crippen molar-refractivity contribution in [2.24, 2.45) is 0 Å². The predicted molar refractivity (Wildman–Crippen MR) is 62.2 cm³/mol. The van der Waals surface area contributed by atoms with Crippen LogP contribution in [-0.2, 0) is 24.4 Å². The minimum Gasteiger partial charge on any atom is -0.377 e. The van der Waals surface area contributed by atoms with Gasteiger partial charge in [0, 0.05) is 32.2 Å². The van der Waals surface area contributed by atoms with Crippen molar-refractivity contribution in [3.05, 3.63) is 36.0 Å². The molecule has 0 aliphatic rings. The molecule has 0 saturated heterocycles. The van der Waals surface area contributed by atoms with Crippen molar-refractivity contribution in [2.75, 3.05) is 14.2 Å². The number of ether oxygens (including phenoxy) is 1. The Hall–Kier alpha value is -1.86. The molecule has 7 heteroatoms. The Labute approximate surface area is 105 Å². The minimum absolute atomic E-state index is 0.359. The van der Waals surface area contributed by atoms with Gasteiger partial charge >= 0.3 is 0 Å². The lowest BCUT2D eigenvalue weighted by Crippen LogP contribution is -2.18. The molecule has 2 rings (SSSR count). The maximum Gasteiger partial charge on any atom is 0.240 e. The molecule has 0 aliphatic heterocycles. The molecule has 2 aromatic rings. The van der Waals surface area contributed by atoms with Crippen molar-refractivity contribution >= 4 is 0 Å². The predicted octanol–water partition coefficient (Wildman–Crippen LogP) is 0.638. The topological polar surface area (TPSA) is 77.2 Å². The molecule has 0 aliphatic carbocycles. The molecular weight excluding hydrogens is 234 g/mol. The van der Waals surface area contributed by atoms with Crippen molar-refractivity contribution in [3.63, 3.8) is 0 Å². The summed E-state index contributed by atoms with van der Waals surface area (Å²) in [6, 6.07) is 0. The van der Waals surface area contributed by atoms with E-state index in [9.17, 15) is 0 Å². The molecule has 0 amide bonds. The highest BCUT2D eigenvalue weighted by molar-refractivity contribution is 4.94. The average Bonchev–Trinajstić information content (AvgIpc) is 2.78. The van der Waals surface area contributed by atoms with Crippen molar-refractivity contribution in [1.29, 1.82) is 0 Å². The van der Waals surface area contributed by atoms with E-state index in [1.807, 2.05) is 11.9 Å². The van der Waals surface area contributed by atoms with Crippen LogP contribution >= 0.6 is 0 Å². The van der Waals surface area contributed by atoms with Gasteiger partial charge in [0.15, 0.2) is 5.82 Å². The zero-order valence-corrected chi connectivity index (χ0v) is 10.4. The van der Waals surface area contributed by atoms with Crippen molar-refractivity contribution in [2.45, 2.75) is 19.7 Å². The number of hydrogen-bond acceptors (Lipinski definition) is 7. The first kappa shape index (κ1) is 12.6. The molecular formula is C11H15N5O2. The fourth-order valence-corrected chi connectivity index (χ4v) is 1.52. The van der Waals surface area contributed by atoms with Crippen LogP contribution in [0.4, 0.5) is 0 Å². The molecule has 0 atom stereocenters. The van der Waals surface area contributed by atoms with E-state index in [0.29, 0.717) is 31.4 Å². The average molecular weight is 249 g/mol. The maximum atomic E-state index is 5.11. The van der Waals surface area contributed by atoms with Crippen molar-refractivity contribution < 1.29 is 9.26 Å². The fraction of sp³-hybridized carbons (Fsp3) is 0.455. The second-order valence-corrected chi connectivity index (χ2v) is 3.91. The van der Waals surface area contributed by atoms with E-state index in [4.69, 9.17) is 9.26 Å². The number of rotatable bonds is 6. The highest BCUT2D eigenvalue weighted by atomic mass is 16.5. The van der Waals surface area contributed by atoms with Gasteiger partial charge in [0.2, 0.25) is 5.89 Å². The van der Waals surface area contributed by atoms with Gasteiger partial charge in [-0.15, -0.1) is 0 Å². The van der Waals surface area contributed by atoms with Gasteiger partial charge in [0.1, 0.15) is 6.61 Å². The summed E-state index contributed by atoms with van der Waals surface area (Å²) >= 11 is 0. The van der Waals surface area contributed by atoms with Crippen molar-refractivity contribution in [1.82, 2.24) is 25.0 Å². The van der Waals surface area contributed by atoms with Crippen LogP contribution in [0.3, 0.4) is 0 Å². The summed E-state index contributed by atoms with van der Waals surface area (Å²) < 4.78 is 10.0. The van der Waals surface area contributed by atoms with Gasteiger partial charge in [0.05, 0.1) is 12.2 Å². The summed E-state index contributed by atoms with van der Waals surface area (Å²) in [4.78, 5) is 14.4. The van der Waals surface area contributed by atoms with E-state index in [2.05, 4.69) is 20.1 Å². The Bertz CT molecular complexity index is 473. The third kappa shape index (κ3) is 3.57. The molecule has 2 heterocycles. The van der Waals surface area contributed by atoms with Crippen molar-refractivity contribution in [3.8, 4) is 0 Å². The Morgan fingerprint density at radius 3 is 2.94 bits per heavy atom. The van der Waals surface area contributed by atoms with Crippen LogP contribution in [0.1, 0.15) is 17.4 Å². The second-order valence-electron chi connectivity index (χ2n) is 3.91. The lowest BCUT2D eigenvalue weighted by Gasteiger charge is -2.12. The molecule has 0 spiro atoms. The molecule has 0 aromatic carbocycles. The lowest BCUT2D eigenvalue weighted by atomic mass is 10.4. The zero-order valence-electron chi connectivity index (χ0n) is 10.4. The first-order valence-electron chi connectivity index (χ1n) is 5.51. The van der Waals surface area contributed by atoms with Gasteiger partial charge in [-0.1, -0.05) is 5.16 Å². The van der Waals surface area contributed by atoms with E-state index < -0.39 is 0 Å². The van der Waals surface area contributed by atoms with E-state index >= 15 is 0 Å². The molecule has 0 bridgehead atoms. The smallest absolute Gasteiger partial charge is 0.240 e. The third-order valence-electron chi connectivity index (χ3n) is 2.24. The number of nitrogens with zero attached hydrogens (tertiary/aromatic N) is 5. The van der Waals surface area contributed by atoms with Crippen LogP contribution in [-0.4, -0.2) is 39.2 Å². The quantitative estimate of drug-likeness (QED) is 0.743. The summed E-state index contributed by atoms with van der Waals surface area (Å²) in [5.41, 5.74) is 0.900. The Morgan fingerprint density at radius 1 is 1.33 bits per heavy atom. The molecule has 0 N–H and O–H groups in total. The second kappa shape index (κ2) is 6.18. The van der Waals surface area contributed by atoms with E-state index in [1.165, 1.54) is 0 Å². The van der Waals surface area contributed by atoms with Gasteiger partial charge in [-0.3, -0.25) is 14.9 Å². The van der Waals surface area contributed by atoms with Gasteiger partial charge in [-0.05, 0) is 7.05 Å². The summed E-state index contributed by atoms with van der Waals surface area (Å²) in [6.45, 7) is 1.60. The van der Waals surface area contributed by atoms with Crippen LogP contribution in [0.2, 0.25) is 0 Å². The van der Waals surface area contributed by atoms with Gasteiger partial charge in [0.25, 0.3) is 0 Å². The summed E-state index contributed by atoms with van der Waals surface area (Å²) in [6.07, 6.45) is 5.06. The summed E-state index contributed by atoms with van der Waals surface area (Å²) in [5.74, 6) is 1.12. The normalized spacial score (nSPS) is 11.1. The largest absolute Gasteiger partial charge is 0.377 e. The highest BCUT2D eigenvalue weighted by Crippen LogP contribution is 2.04. The van der Waals surface area contributed by atoms with Crippen LogP contribution in [0.15, 0.2) is 23.1 Å². The monoisotopic (exact) mass is 249 g/mol. The van der Waals surface area contributed by atoms with Crippen LogP contribution in [0.5, 0.6) is 0 Å². The Balaban J connectivity index is 1.88. The van der Waals surface area contributed by atoms with Crippen LogP contribution in [0, 0.1) is 0 Å². The zero-order chi connectivity index (χ0) is 12.8. The van der Waals surface area contributed by atoms with Crippen LogP contribution < -0.4 is 0 Å². The first-order valence-corrected chi connectivity index (χ1v) is 5.51. The summed E-state index contributed by atoms with van der Waals surface area (Å²) in [7, 11) is 3.55. The number of methoxy groups -OCH3 is 1. The number of hydrogen-bond donors (Lipinski definition) is 0. The number of aromatic nitrogens is 4. The van der Waals surface area contributed by atoms with Crippen LogP contribution in [0.25, 0.3) is 0 Å². The van der Waals surface area contributed by atoms with E-state index in [1.54, 1.807) is 25.7 Å². The molecule has 0 radical (unpaired) electrons. The van der Waals surface area contributed by atoms with Gasteiger partial charge in [-0.25, -0.2) is 0 Å². The Morgan fingerprint density at radius 2 is 2.22 bits per heavy atom. The van der Waals surface area contributed by atoms with E-state index in [-0.39, 0.29) is 0 Å². The molecule has 7 nitrogen and oxygen atoms in total. The van der Waals surface area contributed by atoms with E-state index in [0.717, 1.165) is 5.69 Å². The maximum absolute atomic E-state index is 5.11. The molecule has 0 unspecified atom stereocenters. The SMILES string of the molecule is COCc1noc(CN(C)Cc2cnccn2)n1. The summed E-state index contributed by atoms with van der Waals surface area (Å²) in [5, 5.41) is 3.80. The van der Waals surface area contributed by atoms with Gasteiger partial charge < -0.3 is 9.26 Å². The minimum atomic E-state index is 0.359. The highest BCUT2D eigenvalue weighted by Gasteiger charge is 2.09. The molecule has 0 fully saturated rings. The standard InChI is InChI=1S/C11H15N5O2/c1-16(6-9-5-12-3-4-13-9)7-11-14-10(8-17-2)15-18-11/h3-5H,6-8H2,1-2H3.